The molecule has 1 atom stereocenters. The van der Waals surface area contributed by atoms with E-state index in [9.17, 15) is 0 Å². The zero-order chi connectivity index (χ0) is 27.4. The summed E-state index contributed by atoms with van der Waals surface area (Å²) < 4.78 is 2.43. The highest BCUT2D eigenvalue weighted by atomic mass is 32.1. The molecule has 8 aromatic rings. The monoisotopic (exact) mass is 553 g/mol. The molecule has 3 nitrogen and oxygen atoms in total. The number of benzene rings is 6. The SMILES string of the molecule is c1ccc(C2Nc3cc4ccccc4cc3N=C2n2c3ccccc3c3c4c(sc32)-c2cccc3cccc-4c23)cc1. The number of aromatic nitrogens is 1. The van der Waals surface area contributed by atoms with Crippen LogP contribution in [0.4, 0.5) is 11.4 Å². The Morgan fingerprint density at radius 1 is 0.643 bits per heavy atom. The van der Waals surface area contributed by atoms with Gasteiger partial charge in [-0.1, -0.05) is 109 Å². The average molecular weight is 554 g/mol. The van der Waals surface area contributed by atoms with E-state index >= 15 is 0 Å². The van der Waals surface area contributed by atoms with Crippen molar-refractivity contribution in [3.63, 3.8) is 0 Å². The van der Waals surface area contributed by atoms with Crippen molar-refractivity contribution < 1.29 is 0 Å². The van der Waals surface area contributed by atoms with Gasteiger partial charge in [0, 0.05) is 26.8 Å². The number of aliphatic imine (C=N–C) groups is 1. The Morgan fingerprint density at radius 3 is 2.21 bits per heavy atom. The van der Waals surface area contributed by atoms with Crippen LogP contribution in [0.2, 0.25) is 0 Å². The minimum Gasteiger partial charge on any atom is -0.370 e. The lowest BCUT2D eigenvalue weighted by Crippen LogP contribution is -2.29. The van der Waals surface area contributed by atoms with Crippen molar-refractivity contribution in [2.75, 3.05) is 5.32 Å². The molecule has 42 heavy (non-hydrogen) atoms. The van der Waals surface area contributed by atoms with Gasteiger partial charge < -0.3 is 5.32 Å². The normalized spacial score (nSPS) is 15.2. The van der Waals surface area contributed by atoms with Crippen LogP contribution in [0.25, 0.3) is 64.2 Å². The van der Waals surface area contributed by atoms with Gasteiger partial charge in [-0.15, -0.1) is 11.3 Å². The van der Waals surface area contributed by atoms with Crippen LogP contribution in [0.3, 0.4) is 0 Å². The Hall–Kier alpha value is -5.19. The maximum atomic E-state index is 5.49. The molecule has 1 aliphatic carbocycles. The smallest absolute Gasteiger partial charge is 0.142 e. The van der Waals surface area contributed by atoms with Crippen molar-refractivity contribution >= 4 is 71.2 Å². The highest BCUT2D eigenvalue weighted by Gasteiger charge is 2.33. The lowest BCUT2D eigenvalue weighted by Gasteiger charge is -2.29. The Bertz CT molecular complexity index is 2440. The van der Waals surface area contributed by atoms with E-state index in [4.69, 9.17) is 4.99 Å². The summed E-state index contributed by atoms with van der Waals surface area (Å²) in [6, 6.07) is 45.8. The lowest BCUT2D eigenvalue weighted by molar-refractivity contribution is 0.965. The molecule has 1 aliphatic heterocycles. The molecule has 0 saturated carbocycles. The summed E-state index contributed by atoms with van der Waals surface area (Å²) in [6.07, 6.45) is 0. The van der Waals surface area contributed by atoms with Crippen molar-refractivity contribution in [3.8, 4) is 21.6 Å². The summed E-state index contributed by atoms with van der Waals surface area (Å²) in [5.74, 6) is 1.00. The first-order valence-corrected chi connectivity index (χ1v) is 15.2. The number of hydrogen-bond donors (Lipinski definition) is 1. The first kappa shape index (κ1) is 22.5. The molecule has 0 amide bonds. The van der Waals surface area contributed by atoms with Crippen LogP contribution in [0.15, 0.2) is 132 Å². The molecule has 0 radical (unpaired) electrons. The second-order valence-corrected chi connectivity index (χ2v) is 12.2. The van der Waals surface area contributed by atoms with Gasteiger partial charge in [0.1, 0.15) is 16.7 Å². The third-order valence-electron chi connectivity index (χ3n) is 8.94. The number of fused-ring (bicyclic) bond motifs is 9. The fourth-order valence-corrected chi connectivity index (χ4v) is 8.51. The number of rotatable bonds is 1. The summed E-state index contributed by atoms with van der Waals surface area (Å²) in [7, 11) is 0. The van der Waals surface area contributed by atoms with Gasteiger partial charge in [0.25, 0.3) is 0 Å². The van der Waals surface area contributed by atoms with Gasteiger partial charge in [-0.2, -0.15) is 0 Å². The molecule has 0 fully saturated rings. The number of para-hydroxylation sites is 1. The topological polar surface area (TPSA) is 29.3 Å². The molecule has 2 aliphatic rings. The number of thiophene rings is 1. The van der Waals surface area contributed by atoms with Crippen molar-refractivity contribution in [3.05, 3.63) is 133 Å². The molecule has 4 heteroatoms. The second kappa shape index (κ2) is 8.19. The molecule has 6 aromatic carbocycles. The van der Waals surface area contributed by atoms with Crippen LogP contribution in [-0.2, 0) is 0 Å². The van der Waals surface area contributed by atoms with Crippen molar-refractivity contribution in [2.24, 2.45) is 4.99 Å². The van der Waals surface area contributed by atoms with Crippen molar-refractivity contribution in [1.29, 1.82) is 0 Å². The summed E-state index contributed by atoms with van der Waals surface area (Å²) in [5.41, 5.74) is 8.47. The average Bonchev–Trinajstić information content (AvgIpc) is 3.67. The predicted molar refractivity (Wildman–Crippen MR) is 179 cm³/mol. The van der Waals surface area contributed by atoms with Gasteiger partial charge in [-0.05, 0) is 50.9 Å². The molecule has 2 aromatic heterocycles. The Balaban J connectivity index is 1.31. The van der Waals surface area contributed by atoms with E-state index < -0.39 is 0 Å². The van der Waals surface area contributed by atoms with Gasteiger partial charge in [-0.25, -0.2) is 4.99 Å². The Kier molecular flexibility index (Phi) is 4.38. The standard InChI is InChI=1S/C38H23N3S/c1-2-10-23(11-3-1)35-37(40-30-21-25-13-5-4-12-24(25)20-29(30)39-35)41-31-19-7-6-16-26(31)34-33-27-17-8-14-22-15-9-18-28(32(22)27)36(33)42-38(34)41/h1-21,35,39H. The van der Waals surface area contributed by atoms with Crippen molar-refractivity contribution in [1.82, 2.24) is 4.57 Å². The maximum absolute atomic E-state index is 5.49. The third kappa shape index (κ3) is 2.92. The first-order valence-electron chi connectivity index (χ1n) is 14.4. The minimum atomic E-state index is -0.105. The number of nitrogens with zero attached hydrogens (tertiary/aromatic N) is 2. The third-order valence-corrected chi connectivity index (χ3v) is 10.2. The molecule has 1 N–H and O–H groups in total. The van der Waals surface area contributed by atoms with Crippen LogP contribution >= 0.6 is 11.3 Å². The zero-order valence-electron chi connectivity index (χ0n) is 22.5. The maximum Gasteiger partial charge on any atom is 0.142 e. The highest BCUT2D eigenvalue weighted by Crippen LogP contribution is 2.56. The van der Waals surface area contributed by atoms with Gasteiger partial charge in [0.05, 0.1) is 16.9 Å². The number of anilines is 1. The predicted octanol–water partition coefficient (Wildman–Crippen LogP) is 10.6. The van der Waals surface area contributed by atoms with Gasteiger partial charge in [0.15, 0.2) is 0 Å². The van der Waals surface area contributed by atoms with Crippen molar-refractivity contribution in [2.45, 2.75) is 6.04 Å². The summed E-state index contributed by atoms with van der Waals surface area (Å²) >= 11 is 1.90. The highest BCUT2D eigenvalue weighted by molar-refractivity contribution is 7.23. The fourth-order valence-electron chi connectivity index (χ4n) is 7.13. The van der Waals surface area contributed by atoms with Crippen LogP contribution in [0.1, 0.15) is 11.6 Å². The van der Waals surface area contributed by atoms with E-state index in [2.05, 4.69) is 137 Å². The van der Waals surface area contributed by atoms with Crippen LogP contribution in [0, 0.1) is 0 Å². The molecule has 0 saturated heterocycles. The molecule has 10 rings (SSSR count). The fraction of sp³-hybridized carbons (Fsp3) is 0.0263. The van der Waals surface area contributed by atoms with E-state index in [0.717, 1.165) is 17.2 Å². The first-order chi connectivity index (χ1) is 20.8. The molecular weight excluding hydrogens is 531 g/mol. The van der Waals surface area contributed by atoms with Crippen LogP contribution in [-0.4, -0.2) is 10.4 Å². The summed E-state index contributed by atoms with van der Waals surface area (Å²) in [6.45, 7) is 0. The van der Waals surface area contributed by atoms with Gasteiger partial charge in [-0.3, -0.25) is 4.57 Å². The molecule has 1 unspecified atom stereocenters. The van der Waals surface area contributed by atoms with Crippen LogP contribution in [0.5, 0.6) is 0 Å². The summed E-state index contributed by atoms with van der Waals surface area (Å²) in [5, 5.41) is 11.6. The molecule has 0 spiro atoms. The second-order valence-electron chi connectivity index (χ2n) is 11.2. The Morgan fingerprint density at radius 2 is 1.36 bits per heavy atom. The molecule has 196 valence electrons. The van der Waals surface area contributed by atoms with E-state index in [0.29, 0.717) is 0 Å². The molecular formula is C38H23N3S. The van der Waals surface area contributed by atoms with Crippen LogP contribution < -0.4 is 5.32 Å². The number of nitrogens with one attached hydrogen (secondary N) is 1. The quantitative estimate of drug-likeness (QED) is 0.215. The lowest BCUT2D eigenvalue weighted by atomic mass is 10.0. The summed E-state index contributed by atoms with van der Waals surface area (Å²) in [4.78, 5) is 8.09. The van der Waals surface area contributed by atoms with Gasteiger partial charge in [0.2, 0.25) is 0 Å². The van der Waals surface area contributed by atoms with E-state index in [1.807, 2.05) is 11.3 Å². The minimum absolute atomic E-state index is 0.105. The van der Waals surface area contributed by atoms with E-state index in [1.54, 1.807) is 0 Å². The molecule has 3 heterocycles. The molecule has 0 bridgehead atoms. The van der Waals surface area contributed by atoms with Gasteiger partial charge >= 0.3 is 0 Å². The van der Waals surface area contributed by atoms with E-state index in [1.165, 1.54) is 69.8 Å². The van der Waals surface area contributed by atoms with E-state index in [-0.39, 0.29) is 6.04 Å². The number of hydrogen-bond acceptors (Lipinski definition) is 3. The largest absolute Gasteiger partial charge is 0.370 e. The Labute approximate surface area is 246 Å². The zero-order valence-corrected chi connectivity index (χ0v) is 23.3.